The Morgan fingerprint density at radius 1 is 1.17 bits per heavy atom. The molecule has 0 fully saturated rings. The second-order valence-electron chi connectivity index (χ2n) is 3.01. The quantitative estimate of drug-likeness (QED) is 0.574. The molecule has 0 atom stereocenters. The molecule has 0 heterocycles. The van der Waals surface area contributed by atoms with Crippen LogP contribution in [-0.4, -0.2) is 26.0 Å². The van der Waals surface area contributed by atoms with E-state index in [-0.39, 0.29) is 6.07 Å². The molecule has 1 aromatic rings. The Morgan fingerprint density at radius 3 is 2.11 bits per heavy atom. The molecule has 0 unspecified atom stereocenters. The fourth-order valence-corrected chi connectivity index (χ4v) is 1.11. The molecule has 0 amide bonds. The van der Waals surface area contributed by atoms with Gasteiger partial charge in [0.25, 0.3) is 11.1 Å². The lowest BCUT2D eigenvalue weighted by molar-refractivity contribution is -0.394. The Morgan fingerprint density at radius 2 is 1.72 bits per heavy atom. The molecule has 0 aliphatic heterocycles. The Kier molecular flexibility index (Phi) is 3.22. The highest BCUT2D eigenvalue weighted by Crippen LogP contribution is 2.22. The van der Waals surface area contributed by atoms with Gasteiger partial charge in [-0.1, -0.05) is 0 Å². The van der Waals surface area contributed by atoms with Crippen LogP contribution in [0.2, 0.25) is 0 Å². The normalized spacial score (nSPS) is 9.78. The predicted molar refractivity (Wildman–Crippen MR) is 54.6 cm³/mol. The number of hydrogen-bond acceptors (Lipinski definition) is 7. The van der Waals surface area contributed by atoms with Gasteiger partial charge in [0, 0.05) is 6.07 Å². The minimum Gasteiger partial charge on any atom is -0.503 e. The largest absolute Gasteiger partial charge is 0.503 e. The summed E-state index contributed by atoms with van der Waals surface area (Å²) in [5, 5.41) is 38.9. The number of hydrogen-bond donors (Lipinski definition) is 2. The molecule has 0 saturated heterocycles. The maximum absolute atomic E-state index is 11.3. The van der Waals surface area contributed by atoms with Crippen molar-refractivity contribution in [1.29, 1.82) is 0 Å². The fraction of sp³-hybridized carbons (Fsp3) is 0. The third-order valence-electron chi connectivity index (χ3n) is 1.92. The molecule has 0 radical (unpaired) electrons. The fourth-order valence-electron chi connectivity index (χ4n) is 1.11. The maximum atomic E-state index is 11.3. The Hall–Kier alpha value is -3.04. The first-order chi connectivity index (χ1) is 8.25. The van der Waals surface area contributed by atoms with Crippen molar-refractivity contribution in [1.82, 2.24) is 0 Å². The lowest BCUT2D eigenvalue weighted by atomic mass is 10.2. The summed E-state index contributed by atoms with van der Waals surface area (Å²) in [6, 6.07) is 0.653. The average Bonchev–Trinajstić information content (AvgIpc) is 2.38. The van der Waals surface area contributed by atoms with Crippen LogP contribution < -0.4 is 5.43 Å². The molecular weight excluding hydrogens is 252 g/mol. The summed E-state index contributed by atoms with van der Waals surface area (Å²) < 4.78 is 0. The highest BCUT2D eigenvalue weighted by molar-refractivity contribution is 5.91. The molecular formula is C8H4N2O8. The number of aromatic hydroxyl groups is 1. The van der Waals surface area contributed by atoms with Crippen molar-refractivity contribution in [3.63, 3.8) is 0 Å². The second-order valence-corrected chi connectivity index (χ2v) is 3.01. The molecule has 10 heteroatoms. The van der Waals surface area contributed by atoms with Gasteiger partial charge in [0.05, 0.1) is 15.9 Å². The number of carboxylic acid groups (broad SMARTS) is 1. The van der Waals surface area contributed by atoms with Crippen molar-refractivity contribution in [2.24, 2.45) is 0 Å². The van der Waals surface area contributed by atoms with E-state index in [1.54, 1.807) is 0 Å². The van der Waals surface area contributed by atoms with Crippen molar-refractivity contribution >= 4 is 17.3 Å². The van der Waals surface area contributed by atoms with Gasteiger partial charge in [-0.05, 0) is 0 Å². The van der Waals surface area contributed by atoms with Crippen molar-refractivity contribution in [3.05, 3.63) is 48.1 Å². The topological polar surface area (TPSA) is 161 Å². The first kappa shape index (κ1) is 13.0. The van der Waals surface area contributed by atoms with E-state index in [2.05, 4.69) is 0 Å². The van der Waals surface area contributed by atoms with Crippen LogP contribution in [0.1, 0.15) is 10.4 Å². The molecule has 1 aromatic carbocycles. The molecule has 0 spiro atoms. The van der Waals surface area contributed by atoms with Crippen LogP contribution in [0, 0.1) is 20.2 Å². The van der Waals surface area contributed by atoms with Crippen molar-refractivity contribution in [2.75, 3.05) is 0 Å². The monoisotopic (exact) mass is 256 g/mol. The minimum absolute atomic E-state index is 0.286. The van der Waals surface area contributed by atoms with Gasteiger partial charge in [0.2, 0.25) is 0 Å². The molecule has 0 aliphatic carbocycles. The molecule has 18 heavy (non-hydrogen) atoms. The third-order valence-corrected chi connectivity index (χ3v) is 1.92. The Labute approximate surface area is 97.0 Å². The van der Waals surface area contributed by atoms with Gasteiger partial charge in [-0.3, -0.25) is 25.0 Å². The first-order valence-corrected chi connectivity index (χ1v) is 4.19. The Balaban J connectivity index is 3.90. The summed E-state index contributed by atoms with van der Waals surface area (Å²) in [5.41, 5.74) is -4.96. The number of nitro groups is 2. The highest BCUT2D eigenvalue weighted by atomic mass is 16.6. The summed E-state index contributed by atoms with van der Waals surface area (Å²) in [6.07, 6.45) is 0. The molecule has 0 aliphatic rings. The van der Waals surface area contributed by atoms with Crippen LogP contribution in [0.5, 0.6) is 5.75 Å². The standard InChI is InChI=1S/C8H4N2O8/c11-6-4(8(13)14)1-3(9(15)16)2-5(7(6)12)10(17)18/h1-2H,(H,11,12)(H,13,14). The number of aromatic carboxylic acids is 1. The molecule has 10 nitrogen and oxygen atoms in total. The van der Waals surface area contributed by atoms with Crippen LogP contribution >= 0.6 is 0 Å². The van der Waals surface area contributed by atoms with Gasteiger partial charge in [0.1, 0.15) is 5.56 Å². The lowest BCUT2D eigenvalue weighted by Crippen LogP contribution is -2.07. The first-order valence-electron chi connectivity index (χ1n) is 4.19. The zero-order chi connectivity index (χ0) is 14.0. The number of nitrogens with zero attached hydrogens (tertiary/aromatic N) is 2. The minimum atomic E-state index is -1.82. The molecule has 94 valence electrons. The van der Waals surface area contributed by atoms with Crippen molar-refractivity contribution < 1.29 is 24.9 Å². The SMILES string of the molecule is O=C(O)c1cc([N+](=O)[O-])cc([N+](=O)[O-])c(=O)c1O. The lowest BCUT2D eigenvalue weighted by Gasteiger charge is -1.91. The van der Waals surface area contributed by atoms with Gasteiger partial charge in [-0.25, -0.2) is 4.79 Å². The van der Waals surface area contributed by atoms with E-state index in [0.717, 1.165) is 0 Å². The summed E-state index contributed by atoms with van der Waals surface area (Å²) in [4.78, 5) is 40.7. The number of rotatable bonds is 3. The average molecular weight is 256 g/mol. The van der Waals surface area contributed by atoms with Gasteiger partial charge >= 0.3 is 11.7 Å². The van der Waals surface area contributed by atoms with Gasteiger partial charge in [-0.2, -0.15) is 0 Å². The van der Waals surface area contributed by atoms with Crippen molar-refractivity contribution in [3.8, 4) is 5.75 Å². The third kappa shape index (κ3) is 2.21. The number of carboxylic acids is 1. The highest BCUT2D eigenvalue weighted by Gasteiger charge is 2.25. The van der Waals surface area contributed by atoms with Gasteiger partial charge in [-0.15, -0.1) is 0 Å². The zero-order valence-electron chi connectivity index (χ0n) is 8.39. The predicted octanol–water partition coefficient (Wildman–Crippen LogP) is 0.267. The van der Waals surface area contributed by atoms with E-state index in [4.69, 9.17) is 5.11 Å². The van der Waals surface area contributed by atoms with Crippen LogP contribution in [0.15, 0.2) is 16.9 Å². The van der Waals surface area contributed by atoms with E-state index in [1.807, 2.05) is 0 Å². The van der Waals surface area contributed by atoms with Crippen LogP contribution in [0.3, 0.4) is 0 Å². The molecule has 2 N–H and O–H groups in total. The Bertz CT molecular complexity index is 623. The van der Waals surface area contributed by atoms with E-state index in [0.29, 0.717) is 6.07 Å². The van der Waals surface area contributed by atoms with Crippen molar-refractivity contribution in [2.45, 2.75) is 0 Å². The smallest absolute Gasteiger partial charge is 0.339 e. The van der Waals surface area contributed by atoms with E-state index in [9.17, 15) is 34.9 Å². The van der Waals surface area contributed by atoms with Crippen LogP contribution in [0.25, 0.3) is 0 Å². The summed E-state index contributed by atoms with van der Waals surface area (Å²) >= 11 is 0. The van der Waals surface area contributed by atoms with Gasteiger partial charge in [0.15, 0.2) is 5.75 Å². The summed E-state index contributed by atoms with van der Waals surface area (Å²) in [7, 11) is 0. The van der Waals surface area contributed by atoms with Gasteiger partial charge < -0.3 is 10.2 Å². The molecule has 0 bridgehead atoms. The van der Waals surface area contributed by atoms with Crippen LogP contribution in [-0.2, 0) is 0 Å². The molecule has 0 saturated carbocycles. The summed E-state index contributed by atoms with van der Waals surface area (Å²) in [6.45, 7) is 0. The molecule has 1 rings (SSSR count). The molecule has 0 aromatic heterocycles. The zero-order valence-corrected chi connectivity index (χ0v) is 8.39. The summed E-state index contributed by atoms with van der Waals surface area (Å²) in [5.74, 6) is -3.25. The van der Waals surface area contributed by atoms with E-state index < -0.39 is 43.9 Å². The van der Waals surface area contributed by atoms with E-state index >= 15 is 0 Å². The van der Waals surface area contributed by atoms with E-state index in [1.165, 1.54) is 0 Å². The van der Waals surface area contributed by atoms with Crippen LogP contribution in [0.4, 0.5) is 11.4 Å². The second kappa shape index (κ2) is 4.45. The maximum Gasteiger partial charge on any atom is 0.339 e. The number of carbonyl (C=O) groups is 1.